The van der Waals surface area contributed by atoms with Crippen molar-refractivity contribution in [3.63, 3.8) is 0 Å². The van der Waals surface area contributed by atoms with Gasteiger partial charge in [0.25, 0.3) is 11.8 Å². The topological polar surface area (TPSA) is 126 Å². The van der Waals surface area contributed by atoms with Crippen molar-refractivity contribution in [2.24, 2.45) is 0 Å². The first-order valence-corrected chi connectivity index (χ1v) is 13.2. The smallest absolute Gasteiger partial charge is 0.447 e. The van der Waals surface area contributed by atoms with Crippen molar-refractivity contribution in [2.45, 2.75) is 75.8 Å². The summed E-state index contributed by atoms with van der Waals surface area (Å²) < 4.78 is 33.0. The molecule has 0 aromatic heterocycles. The number of nitrogens with one attached hydrogen (secondary N) is 1. The number of carbonyl (C=O) groups is 2. The van der Waals surface area contributed by atoms with E-state index in [1.165, 1.54) is 11.0 Å². The average molecular weight is 546 g/mol. The summed E-state index contributed by atoms with van der Waals surface area (Å²) >= 11 is 0. The van der Waals surface area contributed by atoms with E-state index in [9.17, 15) is 33.7 Å². The lowest BCUT2D eigenvalue weighted by Crippen LogP contribution is -2.57. The highest BCUT2D eigenvalue weighted by atomic mass is 19.3. The van der Waals surface area contributed by atoms with Crippen LogP contribution in [-0.2, 0) is 16.0 Å². The number of nitrogens with zero attached hydrogens (tertiary/aromatic N) is 3. The highest BCUT2D eigenvalue weighted by Crippen LogP contribution is 2.34. The largest absolute Gasteiger partial charge is 0.475 e. The Kier molecular flexibility index (Phi) is 9.75. The molecule has 3 rings (SSSR count). The number of benzene rings is 1. The highest BCUT2D eigenvalue weighted by Gasteiger charge is 2.44. The number of nitriles is 1. The Morgan fingerprint density at radius 3 is 2.51 bits per heavy atom. The van der Waals surface area contributed by atoms with Gasteiger partial charge >= 0.3 is 13.2 Å². The number of alkyl carbamates (subject to hydrolysis) is 1. The molecule has 212 valence electrons. The number of ether oxygens (including phenoxy) is 1. The molecule has 12 heteroatoms. The molecule has 1 aromatic carbocycles. The van der Waals surface area contributed by atoms with Crippen LogP contribution < -0.4 is 5.32 Å². The summed E-state index contributed by atoms with van der Waals surface area (Å²) in [5.41, 5.74) is -1.22. The Morgan fingerprint density at radius 2 is 1.92 bits per heavy atom. The first-order chi connectivity index (χ1) is 18.3. The molecular formula is C27H37BF2N4O5. The predicted octanol–water partition coefficient (Wildman–Crippen LogP) is 2.68. The Hall–Kier alpha value is -3.01. The van der Waals surface area contributed by atoms with Crippen LogP contribution in [0.2, 0.25) is 0 Å². The molecule has 39 heavy (non-hydrogen) atoms. The van der Waals surface area contributed by atoms with Gasteiger partial charge in [0.05, 0.1) is 18.0 Å². The zero-order chi connectivity index (χ0) is 28.8. The van der Waals surface area contributed by atoms with Crippen LogP contribution in [0.1, 0.15) is 52.0 Å². The lowest BCUT2D eigenvalue weighted by atomic mass is 9.76. The zero-order valence-electron chi connectivity index (χ0n) is 22.7. The number of likely N-dealkylation sites (tertiary alicyclic amines) is 2. The molecule has 0 aliphatic carbocycles. The van der Waals surface area contributed by atoms with Gasteiger partial charge in [-0.1, -0.05) is 30.3 Å². The molecule has 9 nitrogen and oxygen atoms in total. The maximum Gasteiger partial charge on any atom is 0.475 e. The van der Waals surface area contributed by atoms with Crippen LogP contribution >= 0.6 is 0 Å². The summed E-state index contributed by atoms with van der Waals surface area (Å²) in [6.07, 6.45) is 2.46. The fourth-order valence-electron chi connectivity index (χ4n) is 5.15. The molecular weight excluding hydrogens is 509 g/mol. The van der Waals surface area contributed by atoms with Crippen LogP contribution in [0.3, 0.4) is 0 Å². The molecule has 2 heterocycles. The molecule has 0 radical (unpaired) electrons. The lowest BCUT2D eigenvalue weighted by Gasteiger charge is -2.44. The molecule has 0 bridgehead atoms. The van der Waals surface area contributed by atoms with E-state index in [-0.39, 0.29) is 31.6 Å². The second kappa shape index (κ2) is 12.4. The molecule has 2 aliphatic rings. The van der Waals surface area contributed by atoms with E-state index in [1.807, 2.05) is 12.1 Å². The molecule has 2 fully saturated rings. The van der Waals surface area contributed by atoms with Crippen LogP contribution in [0.15, 0.2) is 42.0 Å². The van der Waals surface area contributed by atoms with Crippen molar-refractivity contribution in [1.82, 2.24) is 15.1 Å². The van der Waals surface area contributed by atoms with Gasteiger partial charge < -0.3 is 25.0 Å². The third-order valence-corrected chi connectivity index (χ3v) is 7.55. The van der Waals surface area contributed by atoms with Gasteiger partial charge in [-0.15, -0.1) is 0 Å². The highest BCUT2D eigenvalue weighted by molar-refractivity contribution is 6.43. The Bertz CT molecular complexity index is 1100. The minimum absolute atomic E-state index is 0.154. The van der Waals surface area contributed by atoms with Crippen LogP contribution in [0.25, 0.3) is 0 Å². The van der Waals surface area contributed by atoms with Crippen molar-refractivity contribution in [2.75, 3.05) is 26.2 Å². The number of amides is 2. The fourth-order valence-corrected chi connectivity index (χ4v) is 5.15. The molecule has 2 atom stereocenters. The van der Waals surface area contributed by atoms with Gasteiger partial charge in [-0.3, -0.25) is 9.69 Å². The molecule has 2 saturated heterocycles. The van der Waals surface area contributed by atoms with E-state index in [2.05, 4.69) is 5.32 Å². The van der Waals surface area contributed by atoms with Crippen molar-refractivity contribution in [3.8, 4) is 6.07 Å². The van der Waals surface area contributed by atoms with Gasteiger partial charge in [-0.05, 0) is 58.1 Å². The van der Waals surface area contributed by atoms with Gasteiger partial charge in [0.15, 0.2) is 0 Å². The third-order valence-electron chi connectivity index (χ3n) is 7.55. The first kappa shape index (κ1) is 30.5. The van der Waals surface area contributed by atoms with E-state index in [4.69, 9.17) is 4.74 Å². The second-order valence-electron chi connectivity index (χ2n) is 11.2. The maximum atomic E-state index is 13.8. The maximum absolute atomic E-state index is 13.8. The van der Waals surface area contributed by atoms with E-state index < -0.39 is 48.6 Å². The second-order valence-corrected chi connectivity index (χ2v) is 11.2. The summed E-state index contributed by atoms with van der Waals surface area (Å²) in [5.74, 6) is -4.36. The van der Waals surface area contributed by atoms with E-state index in [0.29, 0.717) is 19.4 Å². The molecule has 2 aliphatic heterocycles. The summed E-state index contributed by atoms with van der Waals surface area (Å²) in [6.45, 7) is 5.04. The summed E-state index contributed by atoms with van der Waals surface area (Å²) in [6, 6.07) is 11.0. The standard InChI is InChI=1S/C27H37BF2N4O5/c1-25(2,33-14-12-27(29,30)18-33)16-21(17-31)23(35)34-13-8-7-11-26(34,3)19-39-24(36)32-22(28(37)38)15-20-9-5-4-6-10-20/h4-6,9-10,16,22,37-38H,7-8,11-15,18-19H2,1-3H3,(H,32,36)/t22?,26-/m1/s1. The Morgan fingerprint density at radius 1 is 1.23 bits per heavy atom. The number of hydrogen-bond acceptors (Lipinski definition) is 7. The number of piperidine rings is 1. The van der Waals surface area contributed by atoms with Crippen molar-refractivity contribution >= 4 is 19.1 Å². The van der Waals surface area contributed by atoms with E-state index >= 15 is 0 Å². The quantitative estimate of drug-likeness (QED) is 0.247. The zero-order valence-corrected chi connectivity index (χ0v) is 22.7. The van der Waals surface area contributed by atoms with Gasteiger partial charge in [0, 0.05) is 25.0 Å². The minimum atomic E-state index is -2.81. The van der Waals surface area contributed by atoms with Gasteiger partial charge in [0.2, 0.25) is 0 Å². The molecule has 1 aromatic rings. The summed E-state index contributed by atoms with van der Waals surface area (Å²) in [4.78, 5) is 29.2. The van der Waals surface area contributed by atoms with E-state index in [1.54, 1.807) is 49.9 Å². The minimum Gasteiger partial charge on any atom is -0.447 e. The molecule has 3 N–H and O–H groups in total. The number of rotatable bonds is 9. The van der Waals surface area contributed by atoms with Crippen LogP contribution in [0, 0.1) is 11.3 Å². The van der Waals surface area contributed by atoms with E-state index in [0.717, 1.165) is 12.0 Å². The molecule has 1 unspecified atom stereocenters. The molecule has 2 amide bonds. The first-order valence-electron chi connectivity index (χ1n) is 13.2. The molecule has 0 saturated carbocycles. The lowest BCUT2D eigenvalue weighted by molar-refractivity contribution is -0.136. The number of hydrogen-bond donors (Lipinski definition) is 3. The van der Waals surface area contributed by atoms with Crippen LogP contribution in [-0.4, -0.2) is 88.1 Å². The number of halogens is 2. The summed E-state index contributed by atoms with van der Waals surface area (Å²) in [5, 5.41) is 31.8. The van der Waals surface area contributed by atoms with Crippen molar-refractivity contribution in [1.29, 1.82) is 5.26 Å². The summed E-state index contributed by atoms with van der Waals surface area (Å²) in [7, 11) is -1.82. The fraction of sp³-hybridized carbons (Fsp3) is 0.593. The number of alkyl halides is 2. The number of carbonyl (C=O) groups excluding carboxylic acids is 2. The third kappa shape index (κ3) is 8.00. The predicted molar refractivity (Wildman–Crippen MR) is 141 cm³/mol. The normalized spacial score (nSPS) is 22.6. The van der Waals surface area contributed by atoms with Crippen molar-refractivity contribution < 1.29 is 33.2 Å². The molecule has 0 spiro atoms. The average Bonchev–Trinajstić information content (AvgIpc) is 3.26. The van der Waals surface area contributed by atoms with Gasteiger partial charge in [-0.25, -0.2) is 13.6 Å². The van der Waals surface area contributed by atoms with Gasteiger partial charge in [-0.2, -0.15) is 5.26 Å². The van der Waals surface area contributed by atoms with Crippen LogP contribution in [0.4, 0.5) is 13.6 Å². The van der Waals surface area contributed by atoms with Crippen molar-refractivity contribution in [3.05, 3.63) is 47.5 Å². The SMILES string of the molecule is CC(C)(C=C(C#N)C(=O)N1CCCC[C@]1(C)COC(=O)NC(Cc1ccccc1)B(O)O)N1CCC(F)(F)C1. The Balaban J connectivity index is 1.68. The monoisotopic (exact) mass is 546 g/mol. The Labute approximate surface area is 228 Å². The van der Waals surface area contributed by atoms with Gasteiger partial charge in [0.1, 0.15) is 18.2 Å². The van der Waals surface area contributed by atoms with Crippen LogP contribution in [0.5, 0.6) is 0 Å².